The van der Waals surface area contributed by atoms with Crippen LogP contribution in [0.25, 0.3) is 0 Å². The van der Waals surface area contributed by atoms with Gasteiger partial charge in [-0.25, -0.2) is 0 Å². The van der Waals surface area contributed by atoms with Gasteiger partial charge in [-0.05, 0) is 84.7 Å². The lowest BCUT2D eigenvalue weighted by molar-refractivity contribution is -0.116. The molecule has 2 fully saturated rings. The van der Waals surface area contributed by atoms with Crippen LogP contribution in [-0.2, 0) is 9.53 Å². The van der Waals surface area contributed by atoms with Crippen molar-refractivity contribution < 1.29 is 9.53 Å². The van der Waals surface area contributed by atoms with E-state index in [4.69, 9.17) is 4.74 Å². The molecule has 0 amide bonds. The maximum absolute atomic E-state index is 11.9. The molecule has 0 aliphatic heterocycles. The molecule has 0 heterocycles. The van der Waals surface area contributed by atoms with Gasteiger partial charge in [0.15, 0.2) is 5.78 Å². The molecule has 132 valence electrons. The summed E-state index contributed by atoms with van der Waals surface area (Å²) in [5.74, 6) is 3.43. The second-order valence-corrected chi connectivity index (χ2v) is 9.23. The zero-order chi connectivity index (χ0) is 16.9. The molecule has 0 bridgehead atoms. The molecule has 3 unspecified atom stereocenters. The van der Waals surface area contributed by atoms with Crippen molar-refractivity contribution in [1.29, 1.82) is 0 Å². The van der Waals surface area contributed by atoms with Crippen LogP contribution in [0.5, 0.6) is 0 Å². The highest BCUT2D eigenvalue weighted by atomic mass is 16.5. The smallest absolute Gasteiger partial charge is 0.156 e. The zero-order valence-corrected chi connectivity index (χ0v) is 15.5. The van der Waals surface area contributed by atoms with E-state index in [1.807, 2.05) is 13.2 Å². The minimum absolute atomic E-state index is 0.235. The van der Waals surface area contributed by atoms with Crippen LogP contribution >= 0.6 is 0 Å². The van der Waals surface area contributed by atoms with E-state index in [2.05, 4.69) is 26.0 Å². The van der Waals surface area contributed by atoms with Gasteiger partial charge in [-0.3, -0.25) is 4.79 Å². The van der Waals surface area contributed by atoms with Crippen molar-refractivity contribution in [2.24, 2.45) is 34.5 Å². The largest absolute Gasteiger partial charge is 0.385 e. The minimum Gasteiger partial charge on any atom is -0.385 e. The van der Waals surface area contributed by atoms with Gasteiger partial charge in [0.2, 0.25) is 0 Å². The van der Waals surface area contributed by atoms with Crippen LogP contribution in [0.2, 0.25) is 0 Å². The van der Waals surface area contributed by atoms with Crippen LogP contribution in [-0.4, -0.2) is 19.5 Å². The average molecular weight is 328 g/mol. The lowest BCUT2D eigenvalue weighted by Crippen LogP contribution is -2.48. The molecule has 24 heavy (non-hydrogen) atoms. The van der Waals surface area contributed by atoms with Crippen molar-refractivity contribution in [2.45, 2.75) is 58.8 Å². The van der Waals surface area contributed by atoms with Gasteiger partial charge in [0, 0.05) is 20.1 Å². The lowest BCUT2D eigenvalue weighted by atomic mass is 9.48. The van der Waals surface area contributed by atoms with E-state index in [-0.39, 0.29) is 5.41 Å². The van der Waals surface area contributed by atoms with Crippen molar-refractivity contribution in [2.75, 3.05) is 13.7 Å². The third-order valence-electron chi connectivity index (χ3n) is 8.38. The fourth-order valence-corrected chi connectivity index (χ4v) is 6.84. The van der Waals surface area contributed by atoms with Gasteiger partial charge in [0.05, 0.1) is 0 Å². The topological polar surface area (TPSA) is 26.3 Å². The summed E-state index contributed by atoms with van der Waals surface area (Å²) >= 11 is 0. The normalized spacial score (nSPS) is 47.0. The highest BCUT2D eigenvalue weighted by molar-refractivity contribution is 5.92. The molecule has 0 N–H and O–H groups in total. The first-order valence-corrected chi connectivity index (χ1v) is 9.91. The third kappa shape index (κ3) is 2.29. The van der Waals surface area contributed by atoms with E-state index in [9.17, 15) is 4.79 Å². The molecule has 2 nitrogen and oxygen atoms in total. The molecule has 4 rings (SSSR count). The number of carbonyl (C=O) groups excluding carboxylic acids is 1. The first kappa shape index (κ1) is 16.6. The van der Waals surface area contributed by atoms with Crippen molar-refractivity contribution in [3.63, 3.8) is 0 Å². The molecule has 4 aliphatic carbocycles. The number of rotatable bonds is 3. The van der Waals surface area contributed by atoms with Crippen LogP contribution in [0.15, 0.2) is 23.8 Å². The number of hydrogen-bond acceptors (Lipinski definition) is 2. The Hall–Kier alpha value is -0.890. The molecule has 2 saturated carbocycles. The van der Waals surface area contributed by atoms with Crippen molar-refractivity contribution in [1.82, 2.24) is 0 Å². The number of ketones is 1. The zero-order valence-electron chi connectivity index (χ0n) is 15.5. The predicted octanol–water partition coefficient (Wildman–Crippen LogP) is 4.95. The van der Waals surface area contributed by atoms with E-state index in [1.165, 1.54) is 37.7 Å². The Bertz CT molecular complexity index is 589. The number of allylic oxidation sites excluding steroid dienone is 4. The van der Waals surface area contributed by atoms with E-state index in [0.717, 1.165) is 37.2 Å². The van der Waals surface area contributed by atoms with Crippen molar-refractivity contribution in [3.05, 3.63) is 23.8 Å². The highest BCUT2D eigenvalue weighted by Crippen LogP contribution is 2.65. The predicted molar refractivity (Wildman–Crippen MR) is 96.6 cm³/mol. The summed E-state index contributed by atoms with van der Waals surface area (Å²) in [7, 11) is 1.83. The molecule has 0 aromatic carbocycles. The summed E-state index contributed by atoms with van der Waals surface area (Å²) in [5.41, 5.74) is 2.04. The summed E-state index contributed by atoms with van der Waals surface area (Å²) in [6.07, 6.45) is 15.2. The first-order chi connectivity index (χ1) is 11.5. The van der Waals surface area contributed by atoms with E-state index >= 15 is 0 Å². The maximum Gasteiger partial charge on any atom is 0.156 e. The molecule has 6 atom stereocenters. The summed E-state index contributed by atoms with van der Waals surface area (Å²) in [5, 5.41) is 0. The van der Waals surface area contributed by atoms with Gasteiger partial charge in [0.25, 0.3) is 0 Å². The van der Waals surface area contributed by atoms with Gasteiger partial charge in [0.1, 0.15) is 0 Å². The highest BCUT2D eigenvalue weighted by Gasteiger charge is 2.57. The van der Waals surface area contributed by atoms with E-state index < -0.39 is 0 Å². The molecular formula is C22H32O2. The summed E-state index contributed by atoms with van der Waals surface area (Å²) in [6.45, 7) is 5.91. The first-order valence-electron chi connectivity index (χ1n) is 9.91. The Morgan fingerprint density at radius 2 is 2.00 bits per heavy atom. The van der Waals surface area contributed by atoms with Crippen LogP contribution < -0.4 is 0 Å². The SMILES string of the molecule is COCC[C@H]1CCC2C3C=CC4=CC(=O)CC[C@]4(C)C3CC[C@@]21C. The van der Waals surface area contributed by atoms with Crippen LogP contribution in [0.3, 0.4) is 0 Å². The molecule has 0 aromatic rings. The van der Waals surface area contributed by atoms with Gasteiger partial charge in [-0.15, -0.1) is 0 Å². The Morgan fingerprint density at radius 3 is 2.79 bits per heavy atom. The fourth-order valence-electron chi connectivity index (χ4n) is 6.84. The monoisotopic (exact) mass is 328 g/mol. The van der Waals surface area contributed by atoms with Gasteiger partial charge in [-0.1, -0.05) is 26.0 Å². The quantitative estimate of drug-likeness (QED) is 0.733. The summed E-state index contributed by atoms with van der Waals surface area (Å²) in [6, 6.07) is 0. The molecule has 0 radical (unpaired) electrons. The van der Waals surface area contributed by atoms with Gasteiger partial charge < -0.3 is 4.74 Å². The Labute approximate surface area is 146 Å². The standard InChI is InChI=1S/C22H32O2/c1-21-12-9-20-18(19(21)7-5-15(21)10-13-24-3)6-4-16-14-17(23)8-11-22(16,20)2/h4,6,14-15,18-20H,5,7-13H2,1-3H3/t15-,18?,19?,20?,21-,22+/m1/s1. The molecule has 0 spiro atoms. The number of hydrogen-bond donors (Lipinski definition) is 0. The number of ether oxygens (including phenoxy) is 1. The minimum atomic E-state index is 0.235. The second kappa shape index (κ2) is 5.83. The fraction of sp³-hybridized carbons (Fsp3) is 0.773. The Balaban J connectivity index is 1.64. The van der Waals surface area contributed by atoms with Crippen LogP contribution in [0.4, 0.5) is 0 Å². The third-order valence-corrected chi connectivity index (χ3v) is 8.38. The molecule has 0 aromatic heterocycles. The number of methoxy groups -OCH3 is 1. The van der Waals surface area contributed by atoms with E-state index in [1.54, 1.807) is 0 Å². The molecular weight excluding hydrogens is 296 g/mol. The molecule has 0 saturated heterocycles. The molecule has 4 aliphatic rings. The second-order valence-electron chi connectivity index (χ2n) is 9.23. The lowest BCUT2D eigenvalue weighted by Gasteiger charge is -2.56. The van der Waals surface area contributed by atoms with Crippen molar-refractivity contribution in [3.8, 4) is 0 Å². The maximum atomic E-state index is 11.9. The number of carbonyl (C=O) groups is 1. The number of fused-ring (bicyclic) bond motifs is 5. The average Bonchev–Trinajstić information content (AvgIpc) is 2.90. The molecule has 2 heteroatoms. The summed E-state index contributed by atoms with van der Waals surface area (Å²) < 4.78 is 5.38. The van der Waals surface area contributed by atoms with Crippen LogP contribution in [0.1, 0.15) is 58.8 Å². The van der Waals surface area contributed by atoms with E-state index in [0.29, 0.717) is 17.1 Å². The van der Waals surface area contributed by atoms with Crippen LogP contribution in [0, 0.1) is 34.5 Å². The van der Waals surface area contributed by atoms with Gasteiger partial charge >= 0.3 is 0 Å². The Morgan fingerprint density at radius 1 is 1.17 bits per heavy atom. The van der Waals surface area contributed by atoms with Crippen molar-refractivity contribution >= 4 is 5.78 Å². The van der Waals surface area contributed by atoms with Gasteiger partial charge in [-0.2, -0.15) is 0 Å². The Kier molecular flexibility index (Phi) is 4.03. The summed E-state index contributed by atoms with van der Waals surface area (Å²) in [4.78, 5) is 11.9.